The molecule has 2 rings (SSSR count). The van der Waals surface area contributed by atoms with Crippen molar-refractivity contribution in [2.45, 2.75) is 46.6 Å². The molecular weight excluding hydrogens is 314 g/mol. The predicted octanol–water partition coefficient (Wildman–Crippen LogP) is 4.89. The summed E-state index contributed by atoms with van der Waals surface area (Å²) < 4.78 is 11.5. The number of carbonyl (C=O) groups is 1. The second-order valence-electron chi connectivity index (χ2n) is 6.25. The molecule has 0 fully saturated rings. The quantitative estimate of drug-likeness (QED) is 0.696. The van der Waals surface area contributed by atoms with E-state index in [9.17, 15) is 4.79 Å². The summed E-state index contributed by atoms with van der Waals surface area (Å²) in [4.78, 5) is 12.4. The first-order chi connectivity index (χ1) is 12.0. The van der Waals surface area contributed by atoms with Crippen molar-refractivity contribution >= 4 is 11.6 Å². The van der Waals surface area contributed by atoms with Gasteiger partial charge in [0, 0.05) is 11.8 Å². The van der Waals surface area contributed by atoms with E-state index in [0.29, 0.717) is 12.3 Å². The van der Waals surface area contributed by atoms with E-state index in [2.05, 4.69) is 12.2 Å². The summed E-state index contributed by atoms with van der Waals surface area (Å²) in [5.41, 5.74) is 2.82. The van der Waals surface area contributed by atoms with Crippen molar-refractivity contribution in [2.24, 2.45) is 0 Å². The lowest BCUT2D eigenvalue weighted by atomic mass is 10.1. The third-order valence-electron chi connectivity index (χ3n) is 3.88. The van der Waals surface area contributed by atoms with Crippen LogP contribution < -0.4 is 14.8 Å². The number of hydrogen-bond donors (Lipinski definition) is 1. The lowest BCUT2D eigenvalue weighted by molar-refractivity contribution is -0.122. The SMILES string of the molecule is CCCCOc1cccc(NC(=O)C(C)Oc2cc(C)ccc2C)c1. The number of anilines is 1. The molecule has 0 aromatic heterocycles. The fourth-order valence-corrected chi connectivity index (χ4v) is 2.32. The van der Waals surface area contributed by atoms with Gasteiger partial charge in [-0.05, 0) is 56.5 Å². The van der Waals surface area contributed by atoms with Crippen molar-refractivity contribution in [2.75, 3.05) is 11.9 Å². The number of nitrogens with one attached hydrogen (secondary N) is 1. The molecule has 2 aromatic carbocycles. The van der Waals surface area contributed by atoms with Crippen LogP contribution in [0.25, 0.3) is 0 Å². The van der Waals surface area contributed by atoms with Crippen molar-refractivity contribution in [3.8, 4) is 11.5 Å². The molecule has 4 heteroatoms. The molecular formula is C21H27NO3. The Morgan fingerprint density at radius 2 is 1.96 bits per heavy atom. The Kier molecular flexibility index (Phi) is 6.87. The van der Waals surface area contributed by atoms with Crippen LogP contribution >= 0.6 is 0 Å². The average molecular weight is 341 g/mol. The van der Waals surface area contributed by atoms with Gasteiger partial charge in [0.05, 0.1) is 6.61 Å². The molecule has 2 aromatic rings. The van der Waals surface area contributed by atoms with Crippen LogP contribution in [0, 0.1) is 13.8 Å². The minimum Gasteiger partial charge on any atom is -0.494 e. The summed E-state index contributed by atoms with van der Waals surface area (Å²) in [6.45, 7) is 8.52. The maximum Gasteiger partial charge on any atom is 0.265 e. The number of ether oxygens (including phenoxy) is 2. The molecule has 4 nitrogen and oxygen atoms in total. The minimum absolute atomic E-state index is 0.188. The molecule has 1 atom stereocenters. The average Bonchev–Trinajstić information content (AvgIpc) is 2.58. The summed E-state index contributed by atoms with van der Waals surface area (Å²) in [7, 11) is 0. The highest BCUT2D eigenvalue weighted by Crippen LogP contribution is 2.22. The van der Waals surface area contributed by atoms with E-state index >= 15 is 0 Å². The molecule has 0 aliphatic carbocycles. The van der Waals surface area contributed by atoms with Gasteiger partial charge in [0.25, 0.3) is 5.91 Å². The van der Waals surface area contributed by atoms with Gasteiger partial charge in [0.1, 0.15) is 11.5 Å². The molecule has 0 aliphatic rings. The maximum absolute atomic E-state index is 12.4. The second-order valence-corrected chi connectivity index (χ2v) is 6.25. The molecule has 1 amide bonds. The summed E-state index contributed by atoms with van der Waals surface area (Å²) >= 11 is 0. The highest BCUT2D eigenvalue weighted by atomic mass is 16.5. The first kappa shape index (κ1) is 18.8. The smallest absolute Gasteiger partial charge is 0.265 e. The number of unbranched alkanes of at least 4 members (excludes halogenated alkanes) is 1. The van der Waals surface area contributed by atoms with Gasteiger partial charge in [-0.3, -0.25) is 4.79 Å². The van der Waals surface area contributed by atoms with E-state index in [-0.39, 0.29) is 5.91 Å². The van der Waals surface area contributed by atoms with Crippen LogP contribution in [0.4, 0.5) is 5.69 Å². The fourth-order valence-electron chi connectivity index (χ4n) is 2.32. The zero-order chi connectivity index (χ0) is 18.2. The van der Waals surface area contributed by atoms with Crippen LogP contribution in [-0.4, -0.2) is 18.6 Å². The van der Waals surface area contributed by atoms with E-state index in [1.807, 2.05) is 56.3 Å². The summed E-state index contributed by atoms with van der Waals surface area (Å²) in [6.07, 6.45) is 1.51. The molecule has 0 bridgehead atoms. The molecule has 0 radical (unpaired) electrons. The Hall–Kier alpha value is -2.49. The molecule has 1 unspecified atom stereocenters. The van der Waals surface area contributed by atoms with E-state index in [0.717, 1.165) is 35.5 Å². The normalized spacial score (nSPS) is 11.7. The fraction of sp³-hybridized carbons (Fsp3) is 0.381. The molecule has 0 saturated carbocycles. The molecule has 25 heavy (non-hydrogen) atoms. The highest BCUT2D eigenvalue weighted by Gasteiger charge is 2.16. The predicted molar refractivity (Wildman–Crippen MR) is 101 cm³/mol. The van der Waals surface area contributed by atoms with Crippen LogP contribution in [0.5, 0.6) is 11.5 Å². The number of benzene rings is 2. The van der Waals surface area contributed by atoms with Gasteiger partial charge in [-0.1, -0.05) is 31.5 Å². The highest BCUT2D eigenvalue weighted by molar-refractivity contribution is 5.94. The lowest BCUT2D eigenvalue weighted by Gasteiger charge is -2.17. The largest absolute Gasteiger partial charge is 0.494 e. The van der Waals surface area contributed by atoms with Crippen molar-refractivity contribution < 1.29 is 14.3 Å². The van der Waals surface area contributed by atoms with E-state index < -0.39 is 6.10 Å². The Morgan fingerprint density at radius 3 is 2.72 bits per heavy atom. The second kappa shape index (κ2) is 9.11. The van der Waals surface area contributed by atoms with Crippen molar-refractivity contribution in [1.29, 1.82) is 0 Å². The Balaban J connectivity index is 1.96. The number of amides is 1. The van der Waals surface area contributed by atoms with Crippen LogP contribution in [0.3, 0.4) is 0 Å². The zero-order valence-electron chi connectivity index (χ0n) is 15.5. The first-order valence-electron chi connectivity index (χ1n) is 8.77. The van der Waals surface area contributed by atoms with Crippen molar-refractivity contribution in [3.05, 3.63) is 53.6 Å². The lowest BCUT2D eigenvalue weighted by Crippen LogP contribution is -2.30. The summed E-state index contributed by atoms with van der Waals surface area (Å²) in [5.74, 6) is 1.31. The standard InChI is InChI=1S/C21H27NO3/c1-5-6-12-24-19-9-7-8-18(14-19)22-21(23)17(4)25-20-13-15(2)10-11-16(20)3/h7-11,13-14,17H,5-6,12H2,1-4H3,(H,22,23). The first-order valence-corrected chi connectivity index (χ1v) is 8.77. The van der Waals surface area contributed by atoms with Crippen LogP contribution in [0.2, 0.25) is 0 Å². The molecule has 134 valence electrons. The van der Waals surface area contributed by atoms with Gasteiger partial charge >= 0.3 is 0 Å². The van der Waals surface area contributed by atoms with E-state index in [1.165, 1.54) is 0 Å². The van der Waals surface area contributed by atoms with Gasteiger partial charge in [-0.25, -0.2) is 0 Å². The number of carbonyl (C=O) groups excluding carboxylic acids is 1. The van der Waals surface area contributed by atoms with Crippen LogP contribution in [-0.2, 0) is 4.79 Å². The van der Waals surface area contributed by atoms with E-state index in [1.54, 1.807) is 6.92 Å². The van der Waals surface area contributed by atoms with E-state index in [4.69, 9.17) is 9.47 Å². The molecule has 0 saturated heterocycles. The topological polar surface area (TPSA) is 47.6 Å². The zero-order valence-corrected chi connectivity index (χ0v) is 15.5. The Labute approximate surface area is 150 Å². The van der Waals surface area contributed by atoms with Gasteiger partial charge < -0.3 is 14.8 Å². The Morgan fingerprint density at radius 1 is 1.16 bits per heavy atom. The van der Waals surface area contributed by atoms with Gasteiger partial charge in [-0.15, -0.1) is 0 Å². The van der Waals surface area contributed by atoms with Crippen LogP contribution in [0.15, 0.2) is 42.5 Å². The summed E-state index contributed by atoms with van der Waals surface area (Å²) in [6, 6.07) is 13.4. The third-order valence-corrected chi connectivity index (χ3v) is 3.88. The third kappa shape index (κ3) is 5.82. The van der Waals surface area contributed by atoms with Crippen molar-refractivity contribution in [1.82, 2.24) is 0 Å². The van der Waals surface area contributed by atoms with Gasteiger partial charge in [0.15, 0.2) is 6.10 Å². The Bertz CT molecular complexity index is 712. The monoisotopic (exact) mass is 341 g/mol. The molecule has 0 aliphatic heterocycles. The van der Waals surface area contributed by atoms with Gasteiger partial charge in [-0.2, -0.15) is 0 Å². The number of aryl methyl sites for hydroxylation is 2. The molecule has 1 N–H and O–H groups in total. The van der Waals surface area contributed by atoms with Crippen LogP contribution in [0.1, 0.15) is 37.8 Å². The number of hydrogen-bond acceptors (Lipinski definition) is 3. The van der Waals surface area contributed by atoms with Crippen molar-refractivity contribution in [3.63, 3.8) is 0 Å². The maximum atomic E-state index is 12.4. The molecule has 0 spiro atoms. The summed E-state index contributed by atoms with van der Waals surface area (Å²) in [5, 5.41) is 2.88. The number of rotatable bonds is 8. The molecule has 0 heterocycles. The minimum atomic E-state index is -0.592. The van der Waals surface area contributed by atoms with Gasteiger partial charge in [0.2, 0.25) is 0 Å².